The summed E-state index contributed by atoms with van der Waals surface area (Å²) in [5.74, 6) is 0. The van der Waals surface area contributed by atoms with Crippen LogP contribution in [0.2, 0.25) is 0 Å². The average Bonchev–Trinajstić information content (AvgIpc) is 2.84. The smallest absolute Gasteiger partial charge is 0.190 e. The Morgan fingerprint density at radius 1 is 1.05 bits per heavy atom. The largest absolute Gasteiger partial charge is 0.378 e. The van der Waals surface area contributed by atoms with Crippen LogP contribution in [-0.4, -0.2) is 18.7 Å². The zero-order chi connectivity index (χ0) is 14.8. The van der Waals surface area contributed by atoms with Crippen LogP contribution in [0.4, 0.5) is 11.4 Å². The SMILES string of the molecule is CCn1/c(=N\c2ccc(N(C)C)cc2)sc2ccccc21. The first kappa shape index (κ1) is 13.9. The lowest BCUT2D eigenvalue weighted by atomic mass is 10.3. The molecule has 0 saturated heterocycles. The molecule has 0 saturated carbocycles. The predicted octanol–water partition coefficient (Wildman–Crippen LogP) is 4.02. The molecule has 0 amide bonds. The van der Waals surface area contributed by atoms with Crippen LogP contribution in [0.3, 0.4) is 0 Å². The molecular weight excluding hydrogens is 278 g/mol. The molecule has 4 heteroatoms. The van der Waals surface area contributed by atoms with E-state index in [1.54, 1.807) is 11.3 Å². The molecular formula is C17H19N3S. The Bertz CT molecular complexity index is 810. The molecule has 1 heterocycles. The summed E-state index contributed by atoms with van der Waals surface area (Å²) in [6.07, 6.45) is 0. The number of anilines is 1. The molecule has 0 bridgehead atoms. The predicted molar refractivity (Wildman–Crippen MR) is 91.5 cm³/mol. The highest BCUT2D eigenvalue weighted by Gasteiger charge is 2.03. The van der Waals surface area contributed by atoms with Crippen LogP contribution >= 0.6 is 11.3 Å². The lowest BCUT2D eigenvalue weighted by Gasteiger charge is -2.11. The minimum Gasteiger partial charge on any atom is -0.378 e. The minimum atomic E-state index is 0.929. The zero-order valence-electron chi connectivity index (χ0n) is 12.6. The zero-order valence-corrected chi connectivity index (χ0v) is 13.4. The van der Waals surface area contributed by atoms with E-state index in [4.69, 9.17) is 4.99 Å². The van der Waals surface area contributed by atoms with Crippen LogP contribution in [0.1, 0.15) is 6.92 Å². The van der Waals surface area contributed by atoms with E-state index in [2.05, 4.69) is 64.9 Å². The number of rotatable bonds is 3. The van der Waals surface area contributed by atoms with Crippen molar-refractivity contribution in [2.45, 2.75) is 13.5 Å². The van der Waals surface area contributed by atoms with Gasteiger partial charge in [0.05, 0.1) is 15.9 Å². The van der Waals surface area contributed by atoms with Crippen molar-refractivity contribution in [3.05, 3.63) is 53.3 Å². The van der Waals surface area contributed by atoms with Crippen LogP contribution in [0, 0.1) is 0 Å². The Morgan fingerprint density at radius 3 is 2.43 bits per heavy atom. The van der Waals surface area contributed by atoms with E-state index in [0.717, 1.165) is 17.0 Å². The van der Waals surface area contributed by atoms with Gasteiger partial charge in [-0.25, -0.2) is 4.99 Å². The molecule has 0 unspecified atom stereocenters. The summed E-state index contributed by atoms with van der Waals surface area (Å²) in [7, 11) is 4.09. The standard InChI is InChI=1S/C17H19N3S/c1-4-20-15-7-5-6-8-16(15)21-17(20)18-13-9-11-14(12-10-13)19(2)3/h5-12H,4H2,1-3H3/b18-17+. The number of hydrogen-bond acceptors (Lipinski definition) is 3. The third-order valence-corrected chi connectivity index (χ3v) is 4.55. The van der Waals surface area contributed by atoms with Crippen LogP contribution in [0.5, 0.6) is 0 Å². The summed E-state index contributed by atoms with van der Waals surface area (Å²) in [5.41, 5.74) is 3.44. The van der Waals surface area contributed by atoms with Gasteiger partial charge >= 0.3 is 0 Å². The van der Waals surface area contributed by atoms with Crippen molar-refractivity contribution in [2.75, 3.05) is 19.0 Å². The quantitative estimate of drug-likeness (QED) is 0.715. The lowest BCUT2D eigenvalue weighted by molar-refractivity contribution is 0.765. The molecule has 0 spiro atoms. The topological polar surface area (TPSA) is 20.5 Å². The highest BCUT2D eigenvalue weighted by Crippen LogP contribution is 2.20. The van der Waals surface area contributed by atoms with Crippen molar-refractivity contribution in [1.29, 1.82) is 0 Å². The van der Waals surface area contributed by atoms with Gasteiger partial charge in [0.2, 0.25) is 0 Å². The molecule has 3 rings (SSSR count). The maximum absolute atomic E-state index is 4.81. The van der Waals surface area contributed by atoms with Gasteiger partial charge in [-0.05, 0) is 43.3 Å². The number of aromatic nitrogens is 1. The Labute approximate surface area is 128 Å². The van der Waals surface area contributed by atoms with Crippen molar-refractivity contribution in [3.8, 4) is 0 Å². The first-order chi connectivity index (χ1) is 10.2. The number of fused-ring (bicyclic) bond motifs is 1. The molecule has 0 aliphatic carbocycles. The summed E-state index contributed by atoms with van der Waals surface area (Å²) >= 11 is 1.74. The number of hydrogen-bond donors (Lipinski definition) is 0. The number of benzene rings is 2. The minimum absolute atomic E-state index is 0.929. The fourth-order valence-corrected chi connectivity index (χ4v) is 3.46. The van der Waals surface area contributed by atoms with Gasteiger partial charge in [-0.15, -0.1) is 0 Å². The molecule has 0 aliphatic heterocycles. The molecule has 3 nitrogen and oxygen atoms in total. The fourth-order valence-electron chi connectivity index (χ4n) is 2.35. The Morgan fingerprint density at radius 2 is 1.76 bits per heavy atom. The number of thiazole rings is 1. The molecule has 1 aromatic heterocycles. The van der Waals surface area contributed by atoms with Crippen molar-refractivity contribution in [1.82, 2.24) is 4.57 Å². The molecule has 0 N–H and O–H groups in total. The number of nitrogens with zero attached hydrogens (tertiary/aromatic N) is 3. The van der Waals surface area contributed by atoms with Crippen LogP contribution < -0.4 is 9.70 Å². The monoisotopic (exact) mass is 297 g/mol. The second-order valence-electron chi connectivity index (χ2n) is 5.12. The summed E-state index contributed by atoms with van der Waals surface area (Å²) < 4.78 is 3.54. The molecule has 0 atom stereocenters. The van der Waals surface area contributed by atoms with Gasteiger partial charge in [0.15, 0.2) is 4.80 Å². The van der Waals surface area contributed by atoms with Crippen molar-refractivity contribution in [3.63, 3.8) is 0 Å². The molecule has 0 radical (unpaired) electrons. The van der Waals surface area contributed by atoms with Gasteiger partial charge < -0.3 is 9.47 Å². The molecule has 3 aromatic rings. The normalized spacial score (nSPS) is 12.0. The third-order valence-electron chi connectivity index (χ3n) is 3.50. The first-order valence-corrected chi connectivity index (χ1v) is 7.91. The summed E-state index contributed by atoms with van der Waals surface area (Å²) in [6.45, 7) is 3.09. The van der Waals surface area contributed by atoms with Crippen molar-refractivity contribution in [2.24, 2.45) is 4.99 Å². The average molecular weight is 297 g/mol. The van der Waals surface area contributed by atoms with Crippen molar-refractivity contribution < 1.29 is 0 Å². The van der Waals surface area contributed by atoms with Gasteiger partial charge in [-0.1, -0.05) is 23.5 Å². The lowest BCUT2D eigenvalue weighted by Crippen LogP contribution is -2.12. The molecule has 0 aliphatic rings. The summed E-state index contributed by atoms with van der Waals surface area (Å²) in [6, 6.07) is 16.8. The highest BCUT2D eigenvalue weighted by atomic mass is 32.1. The summed E-state index contributed by atoms with van der Waals surface area (Å²) in [5, 5.41) is 0. The van der Waals surface area contributed by atoms with Crippen LogP contribution in [0.15, 0.2) is 53.5 Å². The Kier molecular flexibility index (Phi) is 3.80. The van der Waals surface area contributed by atoms with E-state index >= 15 is 0 Å². The van der Waals surface area contributed by atoms with Gasteiger partial charge in [0.25, 0.3) is 0 Å². The molecule has 21 heavy (non-hydrogen) atoms. The second-order valence-corrected chi connectivity index (χ2v) is 6.13. The Balaban J connectivity index is 2.10. The number of aryl methyl sites for hydroxylation is 1. The van der Waals surface area contributed by atoms with Crippen LogP contribution in [-0.2, 0) is 6.54 Å². The third kappa shape index (κ3) is 2.72. The van der Waals surface area contributed by atoms with E-state index in [1.807, 2.05) is 14.1 Å². The number of para-hydroxylation sites is 1. The van der Waals surface area contributed by atoms with E-state index in [-0.39, 0.29) is 0 Å². The van der Waals surface area contributed by atoms with E-state index < -0.39 is 0 Å². The maximum atomic E-state index is 4.81. The molecule has 108 valence electrons. The Hall–Kier alpha value is -2.07. The molecule has 0 fully saturated rings. The van der Waals surface area contributed by atoms with E-state index in [0.29, 0.717) is 0 Å². The van der Waals surface area contributed by atoms with Gasteiger partial charge in [-0.3, -0.25) is 0 Å². The van der Waals surface area contributed by atoms with Gasteiger partial charge in [-0.2, -0.15) is 0 Å². The van der Waals surface area contributed by atoms with Gasteiger partial charge in [0, 0.05) is 26.3 Å². The fraction of sp³-hybridized carbons (Fsp3) is 0.235. The van der Waals surface area contributed by atoms with E-state index in [9.17, 15) is 0 Å². The summed E-state index contributed by atoms with van der Waals surface area (Å²) in [4.78, 5) is 7.96. The maximum Gasteiger partial charge on any atom is 0.190 e. The van der Waals surface area contributed by atoms with Crippen molar-refractivity contribution >= 4 is 32.9 Å². The van der Waals surface area contributed by atoms with Crippen LogP contribution in [0.25, 0.3) is 10.2 Å². The molecule has 2 aromatic carbocycles. The van der Waals surface area contributed by atoms with Gasteiger partial charge in [0.1, 0.15) is 0 Å². The highest BCUT2D eigenvalue weighted by molar-refractivity contribution is 7.16. The second kappa shape index (κ2) is 5.74. The first-order valence-electron chi connectivity index (χ1n) is 7.09. The van der Waals surface area contributed by atoms with E-state index in [1.165, 1.54) is 15.9 Å².